The monoisotopic (exact) mass is 1280 g/mol. The third-order valence-electron chi connectivity index (χ3n) is 19.3. The maximum absolute atomic E-state index is 6.38. The second-order valence-corrected chi connectivity index (χ2v) is 26.5. The van der Waals surface area contributed by atoms with Gasteiger partial charge in [-0.25, -0.2) is 18.3 Å². The van der Waals surface area contributed by atoms with Crippen LogP contribution in [0, 0.1) is 27.7 Å². The van der Waals surface area contributed by atoms with Crippen molar-refractivity contribution in [2.24, 2.45) is 35.2 Å². The molecule has 9 aromatic heterocycles. The molecule has 0 aliphatic rings. The summed E-state index contributed by atoms with van der Waals surface area (Å²) in [4.78, 5) is 0. The van der Waals surface area contributed by atoms with Crippen LogP contribution >= 0.6 is 11.3 Å². The molecule has 0 fully saturated rings. The average Bonchev–Trinajstić information content (AvgIpc) is 1.64. The Balaban J connectivity index is 0.0000000975. The lowest BCUT2D eigenvalue weighted by Crippen LogP contribution is -2.33. The van der Waals surface area contributed by atoms with Gasteiger partial charge in [0.05, 0.1) is 38.9 Å². The predicted molar refractivity (Wildman–Crippen MR) is 393 cm³/mol. The Labute approximate surface area is 561 Å². The van der Waals surface area contributed by atoms with Crippen LogP contribution in [0.3, 0.4) is 0 Å². The molecule has 11 aromatic carbocycles. The van der Waals surface area contributed by atoms with Crippen molar-refractivity contribution in [1.82, 2.24) is 9.13 Å². The normalized spacial score (nSPS) is 11.8. The number of aromatic nitrogens is 6. The summed E-state index contributed by atoms with van der Waals surface area (Å²) in [6.07, 6.45) is 14.0. The van der Waals surface area contributed by atoms with Gasteiger partial charge in [0.1, 0.15) is 71.2 Å². The number of aryl methyl sites for hydroxylation is 9. The molecule has 0 bridgehead atoms. The van der Waals surface area contributed by atoms with Gasteiger partial charge in [-0.1, -0.05) is 145 Å². The van der Waals surface area contributed by atoms with Crippen molar-refractivity contribution in [3.63, 3.8) is 0 Å². The highest BCUT2D eigenvalue weighted by Crippen LogP contribution is 2.43. The van der Waals surface area contributed by atoms with E-state index in [0.717, 1.165) is 100 Å². The Morgan fingerprint density at radius 1 is 0.351 bits per heavy atom. The lowest BCUT2D eigenvalue weighted by molar-refractivity contribution is -0.664. The summed E-state index contributed by atoms with van der Waals surface area (Å²) >= 11 is 1.75. The van der Waals surface area contributed by atoms with Gasteiger partial charge in [-0.15, -0.1) is 0 Å². The molecule has 0 saturated carbocycles. The van der Waals surface area contributed by atoms with E-state index < -0.39 is 0 Å². The zero-order valence-corrected chi connectivity index (χ0v) is 56.1. The van der Waals surface area contributed by atoms with Crippen LogP contribution in [0.5, 0.6) is 0 Å². The van der Waals surface area contributed by atoms with Crippen LogP contribution in [-0.4, -0.2) is 9.13 Å². The summed E-state index contributed by atoms with van der Waals surface area (Å²) in [5.41, 5.74) is 15.6. The summed E-state index contributed by atoms with van der Waals surface area (Å²) in [5.74, 6) is 3.00. The molecule has 0 saturated heterocycles. The first-order valence-electron chi connectivity index (χ1n) is 32.6. The number of hydrogen-bond donors (Lipinski definition) is 0. The SMILES string of the molecule is Cc1ccc2c(oc3cc4ccccc4cc32)c1-c1n(C)cc[n+]1C.Cc1ccc2c(oc3cc4ccccc4cc32)c1-c1occ[n+]1C.Cc1ccc2c(oc3cc4ccccc4cc32)c1-c1scc[n+]1C.Cc1cccn1-c1c2oc3cc4ccccc4cc3c2cc[n+]1C. The zero-order valence-electron chi connectivity index (χ0n) is 55.3. The largest absolute Gasteiger partial charge is 0.455 e. The number of hydrogen-bond acceptors (Lipinski definition) is 6. The van der Waals surface area contributed by atoms with Crippen molar-refractivity contribution in [2.45, 2.75) is 27.7 Å². The van der Waals surface area contributed by atoms with E-state index in [0.29, 0.717) is 0 Å². The van der Waals surface area contributed by atoms with Crippen LogP contribution in [0.15, 0.2) is 271 Å². The minimum Gasteiger partial charge on any atom is -0.455 e. The molecule has 20 rings (SSSR count). The van der Waals surface area contributed by atoms with Crippen molar-refractivity contribution in [2.75, 3.05) is 0 Å². The van der Waals surface area contributed by atoms with Crippen molar-refractivity contribution in [3.05, 3.63) is 271 Å². The van der Waals surface area contributed by atoms with Crippen LogP contribution in [0.2, 0.25) is 0 Å². The molecule has 0 amide bonds. The maximum atomic E-state index is 6.38. The summed E-state index contributed by atoms with van der Waals surface area (Å²) in [6, 6.07) is 70.4. The first-order chi connectivity index (χ1) is 47.3. The molecule has 0 N–H and O–H groups in total. The Hall–Kier alpha value is -11.9. The fourth-order valence-corrected chi connectivity index (χ4v) is 15.3. The number of rotatable bonds is 4. The maximum Gasteiger partial charge on any atom is 0.384 e. The minimum atomic E-state index is 0.807. The molecule has 20 aromatic rings. The minimum absolute atomic E-state index is 0.807. The number of oxazole rings is 1. The van der Waals surface area contributed by atoms with Crippen LogP contribution < -0.4 is 18.3 Å². The molecule has 0 radical (unpaired) electrons. The molecule has 470 valence electrons. The van der Waals surface area contributed by atoms with E-state index >= 15 is 0 Å². The molecule has 97 heavy (non-hydrogen) atoms. The van der Waals surface area contributed by atoms with Crippen molar-refractivity contribution in [3.8, 4) is 39.2 Å². The topological polar surface area (TPSA) is 91.1 Å². The van der Waals surface area contributed by atoms with Gasteiger partial charge in [0.15, 0.2) is 29.2 Å². The fraction of sp³-hybridized carbons (Fsp3) is 0.106. The van der Waals surface area contributed by atoms with E-state index in [2.05, 4.69) is 315 Å². The lowest BCUT2D eigenvalue weighted by atomic mass is 10.0. The van der Waals surface area contributed by atoms with Crippen LogP contribution in [0.1, 0.15) is 22.4 Å². The van der Waals surface area contributed by atoms with Crippen LogP contribution in [0.25, 0.3) is 170 Å². The second kappa shape index (κ2) is 23.3. The number of benzene rings is 11. The van der Waals surface area contributed by atoms with Crippen molar-refractivity contribution < 1.29 is 40.4 Å². The molecule has 0 unspecified atom stereocenters. The highest BCUT2D eigenvalue weighted by molar-refractivity contribution is 7.12. The highest BCUT2D eigenvalue weighted by Gasteiger charge is 2.28. The highest BCUT2D eigenvalue weighted by atomic mass is 32.1. The van der Waals surface area contributed by atoms with Crippen molar-refractivity contribution in [1.29, 1.82) is 0 Å². The summed E-state index contributed by atoms with van der Waals surface area (Å²) < 4.78 is 43.7. The van der Waals surface area contributed by atoms with E-state index in [-0.39, 0.29) is 0 Å². The number of nitrogens with zero attached hydrogens (tertiary/aromatic N) is 6. The van der Waals surface area contributed by atoms with E-state index in [1.807, 2.05) is 17.8 Å². The summed E-state index contributed by atoms with van der Waals surface area (Å²) in [7, 11) is 10.3. The number of imidazole rings is 1. The molecule has 0 aliphatic carbocycles. The molecule has 0 atom stereocenters. The molecule has 11 nitrogen and oxygen atoms in total. The first kappa shape index (κ1) is 58.9. The van der Waals surface area contributed by atoms with Gasteiger partial charge >= 0.3 is 11.7 Å². The molecular formula is C85H68N6O5S+4. The number of fused-ring (bicyclic) bond motifs is 16. The van der Waals surface area contributed by atoms with Gasteiger partial charge in [0.2, 0.25) is 11.8 Å². The third-order valence-corrected chi connectivity index (χ3v) is 20.3. The quantitative estimate of drug-likeness (QED) is 0.164. The number of pyridine rings is 1. The number of furan rings is 4. The first-order valence-corrected chi connectivity index (χ1v) is 33.5. The van der Waals surface area contributed by atoms with E-state index in [9.17, 15) is 0 Å². The third kappa shape index (κ3) is 9.93. The second-order valence-electron chi connectivity index (χ2n) is 25.6. The standard InChI is InChI=1S/C22H19N2O.C21H17N2O.C21H16NO2.C21H16NOS/c1-14-8-9-17-18-12-15-6-4-5-7-16(15)13-19(18)25-21(17)20(14)22-23(2)10-11-24(22)3;1-14-6-5-10-23(14)21-20-17(9-11-22(21)2)18-12-15-7-3-4-8-16(15)13-19(18)24-20;1-13-7-8-16-17-11-14-5-3-4-6-15(14)12-18(17)24-20(16)19(13)21-22(2)9-10-23-21;1-13-7-8-16-17-11-14-5-3-4-6-15(14)12-18(17)23-20(16)19(13)21-22(2)9-10-24-21/h4-13H,1-3H3;3-13H,1-2H3;2*3-12H,1-2H3/q4*+1. The van der Waals surface area contributed by atoms with E-state index in [1.165, 1.54) is 92.0 Å². The Morgan fingerprint density at radius 2 is 0.773 bits per heavy atom. The molecule has 0 aliphatic heterocycles. The van der Waals surface area contributed by atoms with Crippen molar-refractivity contribution >= 4 is 142 Å². The van der Waals surface area contributed by atoms with E-state index in [4.69, 9.17) is 22.1 Å². The molecule has 9 heterocycles. The van der Waals surface area contributed by atoms with Gasteiger partial charge in [-0.2, -0.15) is 9.13 Å². The predicted octanol–water partition coefficient (Wildman–Crippen LogP) is 20.3. The smallest absolute Gasteiger partial charge is 0.384 e. The number of thiazole rings is 1. The van der Waals surface area contributed by atoms with Gasteiger partial charge in [-0.3, -0.25) is 0 Å². The van der Waals surface area contributed by atoms with Gasteiger partial charge < -0.3 is 22.1 Å². The Kier molecular flexibility index (Phi) is 14.1. The average molecular weight is 1290 g/mol. The van der Waals surface area contributed by atoms with E-state index in [1.54, 1.807) is 17.6 Å². The van der Waals surface area contributed by atoms with Gasteiger partial charge in [-0.05, 0) is 154 Å². The van der Waals surface area contributed by atoms with Gasteiger partial charge in [0.25, 0.3) is 10.8 Å². The molecular weight excluding hydrogens is 1220 g/mol. The Morgan fingerprint density at radius 3 is 1.19 bits per heavy atom. The lowest BCUT2D eigenvalue weighted by Gasteiger charge is -2.04. The summed E-state index contributed by atoms with van der Waals surface area (Å²) in [6.45, 7) is 8.49. The fourth-order valence-electron chi connectivity index (χ4n) is 14.3. The van der Waals surface area contributed by atoms with Crippen LogP contribution in [-0.2, 0) is 35.2 Å². The Bertz CT molecular complexity index is 6050. The summed E-state index contributed by atoms with van der Waals surface area (Å²) in [5, 5.41) is 22.4. The van der Waals surface area contributed by atoms with Gasteiger partial charge in [0, 0.05) is 43.1 Å². The zero-order chi connectivity index (χ0) is 65.9. The molecule has 12 heteroatoms. The van der Waals surface area contributed by atoms with Crippen LogP contribution in [0.4, 0.5) is 0 Å². The molecule has 0 spiro atoms.